The lowest BCUT2D eigenvalue weighted by atomic mass is 9.82. The van der Waals surface area contributed by atoms with Gasteiger partial charge in [0.25, 0.3) is 0 Å². The van der Waals surface area contributed by atoms with Gasteiger partial charge in [-0.3, -0.25) is 0 Å². The van der Waals surface area contributed by atoms with Crippen molar-refractivity contribution in [2.75, 3.05) is 0 Å². The Labute approximate surface area is 315 Å². The summed E-state index contributed by atoms with van der Waals surface area (Å²) >= 11 is 0. The molecule has 0 fully saturated rings. The summed E-state index contributed by atoms with van der Waals surface area (Å²) in [5.74, 6) is 0.0789. The van der Waals surface area contributed by atoms with E-state index in [2.05, 4.69) is 200 Å². The van der Waals surface area contributed by atoms with Crippen LogP contribution in [0.2, 0.25) is 0 Å². The third-order valence-corrected chi connectivity index (χ3v) is 10.9. The number of rotatable bonds is 7. The van der Waals surface area contributed by atoms with Crippen LogP contribution in [0.3, 0.4) is 0 Å². The van der Waals surface area contributed by atoms with Crippen molar-refractivity contribution in [2.45, 2.75) is 5.92 Å². The molecule has 10 aromatic rings. The van der Waals surface area contributed by atoms with Gasteiger partial charge in [-0.25, -0.2) is 0 Å². The van der Waals surface area contributed by atoms with Gasteiger partial charge in [0.05, 0.1) is 0 Å². The normalized spacial score (nSPS) is 12.0. The molecular formula is C53H36O. The van der Waals surface area contributed by atoms with Gasteiger partial charge in [-0.15, -0.1) is 0 Å². The molecular weight excluding hydrogens is 653 g/mol. The minimum Gasteiger partial charge on any atom is -0.456 e. The maximum atomic E-state index is 6.17. The summed E-state index contributed by atoms with van der Waals surface area (Å²) in [7, 11) is 0. The number of para-hydroxylation sites is 1. The standard InChI is InChI=1S/C53H36O/c1-2-9-36(10-3-1)37-17-19-38(20-18-37)40-25-29-44(30-26-40)53(50-15-8-12-43-11-4-5-13-47(43)50)45-31-27-41(28-32-45)39-21-23-42(24-22-39)46-33-34-49-48-14-6-7-16-51(48)54-52(49)35-46/h1-35,53H. The number of furan rings is 1. The molecule has 9 aromatic carbocycles. The minimum atomic E-state index is 0.0789. The van der Waals surface area contributed by atoms with Crippen molar-refractivity contribution < 1.29 is 4.42 Å². The van der Waals surface area contributed by atoms with Gasteiger partial charge < -0.3 is 4.42 Å². The second-order valence-corrected chi connectivity index (χ2v) is 14.1. The summed E-state index contributed by atoms with van der Waals surface area (Å²) in [6, 6.07) is 76.8. The average molecular weight is 689 g/mol. The molecule has 0 saturated carbocycles. The fourth-order valence-corrected chi connectivity index (χ4v) is 8.04. The summed E-state index contributed by atoms with van der Waals surface area (Å²) in [4.78, 5) is 0. The largest absolute Gasteiger partial charge is 0.456 e. The van der Waals surface area contributed by atoms with Gasteiger partial charge in [0.2, 0.25) is 0 Å². The third-order valence-electron chi connectivity index (χ3n) is 10.9. The zero-order chi connectivity index (χ0) is 35.8. The van der Waals surface area contributed by atoms with E-state index in [9.17, 15) is 0 Å². The van der Waals surface area contributed by atoms with Crippen molar-refractivity contribution in [2.24, 2.45) is 0 Å². The molecule has 0 amide bonds. The number of benzene rings is 9. The van der Waals surface area contributed by atoms with Crippen LogP contribution in [-0.4, -0.2) is 0 Å². The van der Waals surface area contributed by atoms with Crippen molar-refractivity contribution in [3.63, 3.8) is 0 Å². The molecule has 1 heteroatoms. The van der Waals surface area contributed by atoms with Gasteiger partial charge in [-0.1, -0.05) is 194 Å². The number of fused-ring (bicyclic) bond motifs is 4. The lowest BCUT2D eigenvalue weighted by Gasteiger charge is -2.22. The first-order valence-corrected chi connectivity index (χ1v) is 18.6. The van der Waals surface area contributed by atoms with Gasteiger partial charge in [0.15, 0.2) is 0 Å². The molecule has 0 aliphatic heterocycles. The molecule has 0 N–H and O–H groups in total. The molecule has 254 valence electrons. The van der Waals surface area contributed by atoms with Crippen LogP contribution >= 0.6 is 0 Å². The number of hydrogen-bond donors (Lipinski definition) is 0. The van der Waals surface area contributed by atoms with Crippen LogP contribution in [0.15, 0.2) is 217 Å². The van der Waals surface area contributed by atoms with E-state index in [1.54, 1.807) is 0 Å². The first kappa shape index (κ1) is 31.7. The predicted molar refractivity (Wildman–Crippen MR) is 227 cm³/mol. The minimum absolute atomic E-state index is 0.0789. The summed E-state index contributed by atoms with van der Waals surface area (Å²) in [6.45, 7) is 0. The lowest BCUT2D eigenvalue weighted by molar-refractivity contribution is 0.669. The third kappa shape index (κ3) is 5.87. The highest BCUT2D eigenvalue weighted by molar-refractivity contribution is 6.05. The Morgan fingerprint density at radius 2 is 0.704 bits per heavy atom. The summed E-state index contributed by atoms with van der Waals surface area (Å²) in [5, 5.41) is 4.84. The first-order chi connectivity index (χ1) is 26.7. The summed E-state index contributed by atoms with van der Waals surface area (Å²) in [5.41, 5.74) is 15.3. The van der Waals surface area contributed by atoms with Crippen LogP contribution in [0, 0.1) is 0 Å². The Balaban J connectivity index is 0.959. The highest BCUT2D eigenvalue weighted by Gasteiger charge is 2.20. The topological polar surface area (TPSA) is 13.1 Å². The molecule has 1 nitrogen and oxygen atoms in total. The fraction of sp³-hybridized carbons (Fsp3) is 0.0189. The van der Waals surface area contributed by atoms with E-state index in [4.69, 9.17) is 4.42 Å². The molecule has 0 aliphatic rings. The smallest absolute Gasteiger partial charge is 0.136 e. The average Bonchev–Trinajstić information content (AvgIpc) is 3.63. The van der Waals surface area contributed by atoms with E-state index in [-0.39, 0.29) is 5.92 Å². The van der Waals surface area contributed by atoms with Gasteiger partial charge in [0.1, 0.15) is 11.2 Å². The maximum absolute atomic E-state index is 6.17. The molecule has 10 rings (SSSR count). The molecule has 0 bridgehead atoms. The Morgan fingerprint density at radius 1 is 0.278 bits per heavy atom. The van der Waals surface area contributed by atoms with Gasteiger partial charge in [-0.05, 0) is 90.2 Å². The van der Waals surface area contributed by atoms with Crippen LogP contribution in [0.1, 0.15) is 22.6 Å². The summed E-state index contributed by atoms with van der Waals surface area (Å²) in [6.07, 6.45) is 0. The molecule has 1 atom stereocenters. The molecule has 54 heavy (non-hydrogen) atoms. The van der Waals surface area contributed by atoms with Crippen LogP contribution in [0.4, 0.5) is 0 Å². The van der Waals surface area contributed by atoms with E-state index in [1.165, 1.54) is 66.4 Å². The first-order valence-electron chi connectivity index (χ1n) is 18.6. The molecule has 1 heterocycles. The predicted octanol–water partition coefficient (Wildman–Crippen LogP) is 14.6. The van der Waals surface area contributed by atoms with E-state index in [0.29, 0.717) is 0 Å². The van der Waals surface area contributed by atoms with Gasteiger partial charge in [0, 0.05) is 16.7 Å². The van der Waals surface area contributed by atoms with Crippen molar-refractivity contribution in [3.8, 4) is 44.5 Å². The molecule has 0 spiro atoms. The fourth-order valence-electron chi connectivity index (χ4n) is 8.04. The molecule has 1 unspecified atom stereocenters. The zero-order valence-electron chi connectivity index (χ0n) is 29.7. The van der Waals surface area contributed by atoms with Crippen LogP contribution in [0.25, 0.3) is 77.2 Å². The maximum Gasteiger partial charge on any atom is 0.136 e. The van der Waals surface area contributed by atoms with E-state index in [0.717, 1.165) is 27.5 Å². The monoisotopic (exact) mass is 688 g/mol. The van der Waals surface area contributed by atoms with Gasteiger partial charge in [-0.2, -0.15) is 0 Å². The van der Waals surface area contributed by atoms with Crippen LogP contribution < -0.4 is 0 Å². The highest BCUT2D eigenvalue weighted by Crippen LogP contribution is 2.39. The SMILES string of the molecule is c1ccc(-c2ccc(-c3ccc(C(c4ccc(-c5ccc(-c6ccc7c(c6)oc6ccccc67)cc5)cc4)c4cccc5ccccc45)cc3)cc2)cc1. The Kier molecular flexibility index (Phi) is 7.96. The van der Waals surface area contributed by atoms with E-state index in [1.807, 2.05) is 12.1 Å². The van der Waals surface area contributed by atoms with E-state index >= 15 is 0 Å². The van der Waals surface area contributed by atoms with Crippen LogP contribution in [-0.2, 0) is 0 Å². The highest BCUT2D eigenvalue weighted by atomic mass is 16.3. The lowest BCUT2D eigenvalue weighted by Crippen LogP contribution is -2.04. The Bertz CT molecular complexity index is 2870. The van der Waals surface area contributed by atoms with Crippen molar-refractivity contribution >= 4 is 32.7 Å². The van der Waals surface area contributed by atoms with Gasteiger partial charge >= 0.3 is 0 Å². The van der Waals surface area contributed by atoms with Crippen molar-refractivity contribution in [3.05, 3.63) is 229 Å². The van der Waals surface area contributed by atoms with E-state index < -0.39 is 0 Å². The molecule has 0 aliphatic carbocycles. The second-order valence-electron chi connectivity index (χ2n) is 14.1. The zero-order valence-corrected chi connectivity index (χ0v) is 29.7. The van der Waals surface area contributed by atoms with Crippen molar-refractivity contribution in [1.82, 2.24) is 0 Å². The second kappa shape index (κ2) is 13.5. The summed E-state index contributed by atoms with van der Waals surface area (Å²) < 4.78 is 6.17. The Hall–Kier alpha value is -6.96. The molecule has 0 radical (unpaired) electrons. The molecule has 1 aromatic heterocycles. The quantitative estimate of drug-likeness (QED) is 0.152. The molecule has 0 saturated heterocycles. The van der Waals surface area contributed by atoms with Crippen LogP contribution in [0.5, 0.6) is 0 Å². The Morgan fingerprint density at radius 3 is 1.31 bits per heavy atom. The number of hydrogen-bond acceptors (Lipinski definition) is 1. The van der Waals surface area contributed by atoms with Crippen molar-refractivity contribution in [1.29, 1.82) is 0 Å².